The Balaban J connectivity index is 1.40. The Morgan fingerprint density at radius 3 is 2.64 bits per heavy atom. The van der Waals surface area contributed by atoms with Gasteiger partial charge in [0.1, 0.15) is 17.5 Å². The second-order valence-corrected chi connectivity index (χ2v) is 12.1. The van der Waals surface area contributed by atoms with Crippen LogP contribution in [0.2, 0.25) is 0 Å². The molecule has 0 aromatic heterocycles. The molecular formula is C28H36O5. The van der Waals surface area contributed by atoms with Gasteiger partial charge in [0.2, 0.25) is 0 Å². The number of fused-ring (bicyclic) bond motifs is 3. The normalized spacial score (nSPS) is 50.5. The van der Waals surface area contributed by atoms with Gasteiger partial charge in [-0.2, -0.15) is 0 Å². The van der Waals surface area contributed by atoms with E-state index in [0.29, 0.717) is 42.0 Å². The van der Waals surface area contributed by atoms with Crippen LogP contribution in [0.15, 0.2) is 34.9 Å². The van der Waals surface area contributed by atoms with Gasteiger partial charge in [-0.05, 0) is 76.2 Å². The average molecular weight is 453 g/mol. The summed E-state index contributed by atoms with van der Waals surface area (Å²) in [7, 11) is 0. The van der Waals surface area contributed by atoms with Crippen molar-refractivity contribution in [2.75, 3.05) is 6.61 Å². The van der Waals surface area contributed by atoms with Gasteiger partial charge in [0.05, 0.1) is 23.2 Å². The van der Waals surface area contributed by atoms with Crippen LogP contribution in [-0.4, -0.2) is 40.8 Å². The number of hydrogen-bond acceptors (Lipinski definition) is 5. The third kappa shape index (κ3) is 2.41. The minimum absolute atomic E-state index is 0.0133. The van der Waals surface area contributed by atoms with Crippen LogP contribution in [0.1, 0.15) is 72.6 Å². The molecule has 1 saturated heterocycles. The fourth-order valence-corrected chi connectivity index (χ4v) is 9.33. The number of ether oxygens (including phenoxy) is 2. The molecule has 5 heteroatoms. The number of carbonyl (C=O) groups is 2. The van der Waals surface area contributed by atoms with Crippen LogP contribution in [0.25, 0.3) is 0 Å². The molecule has 2 aliphatic heterocycles. The zero-order valence-electron chi connectivity index (χ0n) is 20.3. The number of Topliss-reactive ketones (excluding diaryl/α,β-unsaturated/α-hetero) is 1. The molecule has 5 nitrogen and oxygen atoms in total. The highest BCUT2D eigenvalue weighted by atomic mass is 16.6. The Morgan fingerprint density at radius 1 is 1.12 bits per heavy atom. The van der Waals surface area contributed by atoms with E-state index in [1.54, 1.807) is 0 Å². The topological polar surface area (TPSA) is 72.8 Å². The van der Waals surface area contributed by atoms with E-state index in [-0.39, 0.29) is 23.7 Å². The number of allylic oxidation sites excluding steroid dienone is 4. The predicted octanol–water partition coefficient (Wildman–Crippen LogP) is 4.45. The molecule has 6 rings (SSSR count). The zero-order chi connectivity index (χ0) is 23.4. The Hall–Kier alpha value is -1.72. The first-order valence-electron chi connectivity index (χ1n) is 12.7. The lowest BCUT2D eigenvalue weighted by atomic mass is 9.46. The van der Waals surface area contributed by atoms with Crippen molar-refractivity contribution >= 4 is 11.8 Å². The van der Waals surface area contributed by atoms with Gasteiger partial charge in [0, 0.05) is 18.3 Å². The lowest BCUT2D eigenvalue weighted by Gasteiger charge is -2.59. The first kappa shape index (κ1) is 21.8. The third-order valence-electron chi connectivity index (χ3n) is 11.1. The van der Waals surface area contributed by atoms with Crippen LogP contribution in [-0.2, 0) is 19.1 Å². The summed E-state index contributed by atoms with van der Waals surface area (Å²) < 4.78 is 13.2. The zero-order valence-corrected chi connectivity index (χ0v) is 20.3. The summed E-state index contributed by atoms with van der Waals surface area (Å²) in [6.07, 6.45) is 12.4. The number of carbonyl (C=O) groups excluding carboxylic acids is 2. The van der Waals surface area contributed by atoms with Gasteiger partial charge in [-0.25, -0.2) is 4.79 Å². The Kier molecular flexibility index (Phi) is 4.42. The molecule has 1 N–H and O–H groups in total. The van der Waals surface area contributed by atoms with Crippen LogP contribution in [0, 0.1) is 28.6 Å². The SMILES string of the molecule is CC1=C(CO)C(=O)O[C@@H]([C@@]2(C)O[C@@]34CC[C@@H]2[C@@]3(C)CC[C@H]2[C@H]4CC=C3C=CCC(=O)[C@@]32C)C1. The van der Waals surface area contributed by atoms with E-state index < -0.39 is 17.0 Å². The fourth-order valence-electron chi connectivity index (χ4n) is 9.33. The van der Waals surface area contributed by atoms with Gasteiger partial charge in [0.25, 0.3) is 0 Å². The van der Waals surface area contributed by atoms with Crippen molar-refractivity contribution < 1.29 is 24.2 Å². The smallest absolute Gasteiger partial charge is 0.336 e. The monoisotopic (exact) mass is 452 g/mol. The number of hydrogen-bond donors (Lipinski definition) is 1. The van der Waals surface area contributed by atoms with Gasteiger partial charge < -0.3 is 14.6 Å². The first-order chi connectivity index (χ1) is 15.6. The largest absolute Gasteiger partial charge is 0.456 e. The van der Waals surface area contributed by atoms with E-state index in [2.05, 4.69) is 32.9 Å². The van der Waals surface area contributed by atoms with Gasteiger partial charge in [-0.3, -0.25) is 4.79 Å². The van der Waals surface area contributed by atoms with Crippen LogP contribution >= 0.6 is 0 Å². The maximum atomic E-state index is 13.3. The van der Waals surface area contributed by atoms with Gasteiger partial charge in [-0.1, -0.05) is 30.7 Å². The molecule has 4 aliphatic carbocycles. The number of cyclic esters (lactones) is 1. The van der Waals surface area contributed by atoms with Crippen LogP contribution in [0.3, 0.4) is 0 Å². The van der Waals surface area contributed by atoms with E-state index >= 15 is 0 Å². The highest BCUT2D eigenvalue weighted by Gasteiger charge is 2.77. The molecule has 0 spiro atoms. The van der Waals surface area contributed by atoms with Crippen molar-refractivity contribution in [3.05, 3.63) is 34.9 Å². The lowest BCUT2D eigenvalue weighted by Crippen LogP contribution is -2.60. The van der Waals surface area contributed by atoms with Crippen molar-refractivity contribution in [2.45, 2.75) is 89.9 Å². The second kappa shape index (κ2) is 6.69. The standard InChI is InChI=1S/C28H36O5/c1-16-14-23(32-24(31)18(16)15-29)27(4)21-11-13-28(33-27)20-9-8-17-6-5-7-22(30)26(17,3)19(20)10-12-25(21,28)2/h5-6,8,19-21,23,29H,7,9-15H2,1-4H3/t19-,20+,21+,23+,25+,26-,27-,28+/m0/s1. The van der Waals surface area contributed by atoms with E-state index in [4.69, 9.17) is 9.47 Å². The Morgan fingerprint density at radius 2 is 1.91 bits per heavy atom. The highest BCUT2D eigenvalue weighted by molar-refractivity contribution is 5.92. The summed E-state index contributed by atoms with van der Waals surface area (Å²) in [5.74, 6) is 0.851. The number of aliphatic hydroxyl groups is 1. The molecule has 178 valence electrons. The molecule has 6 aliphatic rings. The third-order valence-corrected chi connectivity index (χ3v) is 11.1. The van der Waals surface area contributed by atoms with Gasteiger partial charge in [-0.15, -0.1) is 0 Å². The highest BCUT2D eigenvalue weighted by Crippen LogP contribution is 2.75. The van der Waals surface area contributed by atoms with Crippen molar-refractivity contribution in [1.82, 2.24) is 0 Å². The molecule has 8 atom stereocenters. The minimum atomic E-state index is -0.554. The molecule has 0 aromatic rings. The summed E-state index contributed by atoms with van der Waals surface area (Å²) in [5, 5.41) is 9.60. The van der Waals surface area contributed by atoms with E-state index in [0.717, 1.165) is 37.7 Å². The molecule has 2 saturated carbocycles. The molecule has 2 heterocycles. The Bertz CT molecular complexity index is 1040. The van der Waals surface area contributed by atoms with Crippen LogP contribution < -0.4 is 0 Å². The summed E-state index contributed by atoms with van der Waals surface area (Å²) in [5.41, 5.74) is 1.26. The molecule has 0 unspecified atom stereocenters. The maximum absolute atomic E-state index is 13.3. The van der Waals surface area contributed by atoms with Crippen molar-refractivity contribution in [2.24, 2.45) is 28.6 Å². The number of ketones is 1. The molecular weight excluding hydrogens is 416 g/mol. The molecule has 3 fully saturated rings. The van der Waals surface area contributed by atoms with Crippen LogP contribution in [0.5, 0.6) is 0 Å². The Labute approximate surface area is 196 Å². The summed E-state index contributed by atoms with van der Waals surface area (Å²) in [6, 6.07) is 0. The molecule has 0 radical (unpaired) electrons. The summed E-state index contributed by atoms with van der Waals surface area (Å²) in [6.45, 7) is 8.39. The van der Waals surface area contributed by atoms with E-state index in [1.807, 2.05) is 13.0 Å². The second-order valence-electron chi connectivity index (χ2n) is 12.1. The van der Waals surface area contributed by atoms with Crippen molar-refractivity contribution in [3.63, 3.8) is 0 Å². The van der Waals surface area contributed by atoms with Gasteiger partial charge >= 0.3 is 5.97 Å². The first-order valence-corrected chi connectivity index (χ1v) is 12.7. The predicted molar refractivity (Wildman–Crippen MR) is 123 cm³/mol. The fraction of sp³-hybridized carbons (Fsp3) is 0.714. The molecule has 2 bridgehead atoms. The number of esters is 1. The maximum Gasteiger partial charge on any atom is 0.336 e. The molecule has 0 amide bonds. The van der Waals surface area contributed by atoms with Crippen molar-refractivity contribution in [1.29, 1.82) is 0 Å². The van der Waals surface area contributed by atoms with Gasteiger partial charge in [0.15, 0.2) is 0 Å². The van der Waals surface area contributed by atoms with Crippen LogP contribution in [0.4, 0.5) is 0 Å². The lowest BCUT2D eigenvalue weighted by molar-refractivity contribution is -0.231. The average Bonchev–Trinajstić information content (AvgIpc) is 3.18. The summed E-state index contributed by atoms with van der Waals surface area (Å²) >= 11 is 0. The molecule has 33 heavy (non-hydrogen) atoms. The number of aliphatic hydroxyl groups excluding tert-OH is 1. The van der Waals surface area contributed by atoms with E-state index in [9.17, 15) is 14.7 Å². The van der Waals surface area contributed by atoms with E-state index in [1.165, 1.54) is 5.57 Å². The molecule has 0 aromatic carbocycles. The number of rotatable bonds is 2. The quantitative estimate of drug-likeness (QED) is 0.627. The minimum Gasteiger partial charge on any atom is -0.456 e. The van der Waals surface area contributed by atoms with Crippen molar-refractivity contribution in [3.8, 4) is 0 Å². The summed E-state index contributed by atoms with van der Waals surface area (Å²) in [4.78, 5) is 25.9.